The fourth-order valence-corrected chi connectivity index (χ4v) is 1.43. The standard InChI is InChI=1S/C12H9FN2O2/c13-9-3-4-10(8-2-1-5-14-7-8)15-11(9)6-12(16)17/h1-5,7H,6H2,(H,16,17). The Labute approximate surface area is 96.8 Å². The fourth-order valence-electron chi connectivity index (χ4n) is 1.43. The summed E-state index contributed by atoms with van der Waals surface area (Å²) in [5.74, 6) is -1.72. The van der Waals surface area contributed by atoms with Gasteiger partial charge in [-0.1, -0.05) is 0 Å². The van der Waals surface area contributed by atoms with E-state index in [9.17, 15) is 9.18 Å². The summed E-state index contributed by atoms with van der Waals surface area (Å²) in [5.41, 5.74) is 1.16. The molecule has 2 aromatic heterocycles. The van der Waals surface area contributed by atoms with E-state index >= 15 is 0 Å². The summed E-state index contributed by atoms with van der Waals surface area (Å²) < 4.78 is 13.3. The highest BCUT2D eigenvalue weighted by atomic mass is 19.1. The number of halogens is 1. The summed E-state index contributed by atoms with van der Waals surface area (Å²) in [6.45, 7) is 0. The summed E-state index contributed by atoms with van der Waals surface area (Å²) in [4.78, 5) is 18.5. The topological polar surface area (TPSA) is 63.1 Å². The number of pyridine rings is 2. The summed E-state index contributed by atoms with van der Waals surface area (Å²) in [6.07, 6.45) is 2.77. The number of rotatable bonds is 3. The molecule has 0 aromatic carbocycles. The van der Waals surface area contributed by atoms with Crippen LogP contribution in [0.1, 0.15) is 5.69 Å². The van der Waals surface area contributed by atoms with Gasteiger partial charge in [-0.3, -0.25) is 9.78 Å². The van der Waals surface area contributed by atoms with E-state index in [-0.39, 0.29) is 5.69 Å². The zero-order chi connectivity index (χ0) is 12.3. The van der Waals surface area contributed by atoms with Crippen LogP contribution in [0.3, 0.4) is 0 Å². The quantitative estimate of drug-likeness (QED) is 0.877. The fraction of sp³-hybridized carbons (Fsp3) is 0.0833. The van der Waals surface area contributed by atoms with E-state index in [1.54, 1.807) is 24.5 Å². The summed E-state index contributed by atoms with van der Waals surface area (Å²) in [7, 11) is 0. The first-order valence-electron chi connectivity index (χ1n) is 4.94. The van der Waals surface area contributed by atoms with E-state index in [0.29, 0.717) is 5.69 Å². The monoisotopic (exact) mass is 232 g/mol. The molecule has 0 unspecified atom stereocenters. The van der Waals surface area contributed by atoms with E-state index in [4.69, 9.17) is 5.11 Å². The minimum Gasteiger partial charge on any atom is -0.481 e. The highest BCUT2D eigenvalue weighted by Crippen LogP contribution is 2.17. The first-order chi connectivity index (χ1) is 8.16. The number of carboxylic acid groups (broad SMARTS) is 1. The Morgan fingerprint density at radius 3 is 2.82 bits per heavy atom. The Hall–Kier alpha value is -2.30. The molecule has 0 amide bonds. The van der Waals surface area contributed by atoms with Crippen molar-refractivity contribution in [1.29, 1.82) is 0 Å². The minimum absolute atomic E-state index is 0.0705. The van der Waals surface area contributed by atoms with Crippen LogP contribution in [0.15, 0.2) is 36.7 Å². The first-order valence-corrected chi connectivity index (χ1v) is 4.94. The van der Waals surface area contributed by atoms with Crippen LogP contribution in [0, 0.1) is 5.82 Å². The van der Waals surface area contributed by atoms with Gasteiger partial charge in [0.2, 0.25) is 0 Å². The van der Waals surface area contributed by atoms with Crippen molar-refractivity contribution in [3.8, 4) is 11.3 Å². The molecular weight excluding hydrogens is 223 g/mol. The van der Waals surface area contributed by atoms with Crippen LogP contribution < -0.4 is 0 Å². The van der Waals surface area contributed by atoms with Crippen LogP contribution in [-0.2, 0) is 11.2 Å². The molecule has 5 heteroatoms. The smallest absolute Gasteiger partial charge is 0.309 e. The van der Waals surface area contributed by atoms with Crippen molar-refractivity contribution in [2.45, 2.75) is 6.42 Å². The molecule has 0 bridgehead atoms. The van der Waals surface area contributed by atoms with Gasteiger partial charge in [0, 0.05) is 18.0 Å². The van der Waals surface area contributed by atoms with Gasteiger partial charge in [0.25, 0.3) is 0 Å². The molecule has 0 radical (unpaired) electrons. The van der Waals surface area contributed by atoms with Crippen LogP contribution in [0.4, 0.5) is 4.39 Å². The lowest BCUT2D eigenvalue weighted by atomic mass is 10.1. The van der Waals surface area contributed by atoms with E-state index in [2.05, 4.69) is 9.97 Å². The van der Waals surface area contributed by atoms with Gasteiger partial charge in [0.05, 0.1) is 17.8 Å². The highest BCUT2D eigenvalue weighted by Gasteiger charge is 2.10. The second-order valence-corrected chi connectivity index (χ2v) is 3.44. The molecule has 0 atom stereocenters. The molecule has 0 aliphatic rings. The van der Waals surface area contributed by atoms with E-state index < -0.39 is 18.2 Å². The van der Waals surface area contributed by atoms with Gasteiger partial charge in [-0.2, -0.15) is 0 Å². The first kappa shape index (κ1) is 11.2. The Kier molecular flexibility index (Phi) is 3.09. The molecule has 0 aliphatic heterocycles. The number of nitrogens with zero attached hydrogens (tertiary/aromatic N) is 2. The van der Waals surface area contributed by atoms with Gasteiger partial charge in [-0.05, 0) is 24.3 Å². The normalized spacial score (nSPS) is 10.2. The number of aliphatic carboxylic acids is 1. The number of carbonyl (C=O) groups is 1. The van der Waals surface area contributed by atoms with Crippen molar-refractivity contribution in [3.63, 3.8) is 0 Å². The van der Waals surface area contributed by atoms with Crippen molar-refractivity contribution in [2.24, 2.45) is 0 Å². The SMILES string of the molecule is O=C(O)Cc1nc(-c2cccnc2)ccc1F. The van der Waals surface area contributed by atoms with Crippen LogP contribution >= 0.6 is 0 Å². The average Bonchev–Trinajstić information content (AvgIpc) is 2.32. The number of hydrogen-bond acceptors (Lipinski definition) is 3. The van der Waals surface area contributed by atoms with Gasteiger partial charge in [0.1, 0.15) is 5.82 Å². The molecule has 0 saturated heterocycles. The van der Waals surface area contributed by atoms with Gasteiger partial charge >= 0.3 is 5.97 Å². The second-order valence-electron chi connectivity index (χ2n) is 3.44. The molecule has 17 heavy (non-hydrogen) atoms. The molecule has 0 saturated carbocycles. The summed E-state index contributed by atoms with van der Waals surface area (Å²) in [5, 5.41) is 8.63. The van der Waals surface area contributed by atoms with Crippen LogP contribution in [0.5, 0.6) is 0 Å². The number of aromatic nitrogens is 2. The van der Waals surface area contributed by atoms with Gasteiger partial charge < -0.3 is 5.11 Å². The van der Waals surface area contributed by atoms with Gasteiger partial charge in [0.15, 0.2) is 0 Å². The average molecular weight is 232 g/mol. The largest absolute Gasteiger partial charge is 0.481 e. The van der Waals surface area contributed by atoms with Crippen LogP contribution in [0.2, 0.25) is 0 Å². The third-order valence-electron chi connectivity index (χ3n) is 2.19. The zero-order valence-electron chi connectivity index (χ0n) is 8.80. The zero-order valence-corrected chi connectivity index (χ0v) is 8.80. The molecule has 4 nitrogen and oxygen atoms in total. The Bertz CT molecular complexity index is 543. The van der Waals surface area contributed by atoms with Crippen molar-refractivity contribution in [1.82, 2.24) is 9.97 Å². The molecule has 0 aliphatic carbocycles. The minimum atomic E-state index is -1.11. The maximum atomic E-state index is 13.3. The van der Waals surface area contributed by atoms with E-state index in [1.165, 1.54) is 12.1 Å². The predicted octanol–water partition coefficient (Wildman–Crippen LogP) is 1.91. The van der Waals surface area contributed by atoms with Crippen LogP contribution in [0.25, 0.3) is 11.3 Å². The maximum Gasteiger partial charge on any atom is 0.309 e. The highest BCUT2D eigenvalue weighted by molar-refractivity contribution is 5.70. The second kappa shape index (κ2) is 4.69. The Morgan fingerprint density at radius 2 is 2.18 bits per heavy atom. The maximum absolute atomic E-state index is 13.3. The van der Waals surface area contributed by atoms with Gasteiger partial charge in [-0.15, -0.1) is 0 Å². The lowest BCUT2D eigenvalue weighted by Gasteiger charge is -2.03. The van der Waals surface area contributed by atoms with Crippen molar-refractivity contribution < 1.29 is 14.3 Å². The van der Waals surface area contributed by atoms with Crippen molar-refractivity contribution in [3.05, 3.63) is 48.2 Å². The Balaban J connectivity index is 2.41. The summed E-state index contributed by atoms with van der Waals surface area (Å²) >= 11 is 0. The van der Waals surface area contributed by atoms with Crippen LogP contribution in [-0.4, -0.2) is 21.0 Å². The van der Waals surface area contributed by atoms with Crippen molar-refractivity contribution >= 4 is 5.97 Å². The van der Waals surface area contributed by atoms with Gasteiger partial charge in [-0.25, -0.2) is 9.37 Å². The lowest BCUT2D eigenvalue weighted by molar-refractivity contribution is -0.136. The molecule has 0 fully saturated rings. The predicted molar refractivity (Wildman–Crippen MR) is 58.8 cm³/mol. The Morgan fingerprint density at radius 1 is 1.35 bits per heavy atom. The third-order valence-corrected chi connectivity index (χ3v) is 2.19. The molecule has 2 aromatic rings. The van der Waals surface area contributed by atoms with E-state index in [0.717, 1.165) is 5.56 Å². The van der Waals surface area contributed by atoms with E-state index in [1.807, 2.05) is 0 Å². The molecule has 0 spiro atoms. The number of hydrogen-bond donors (Lipinski definition) is 1. The molecule has 1 N–H and O–H groups in total. The molecular formula is C12H9FN2O2. The van der Waals surface area contributed by atoms with Crippen molar-refractivity contribution in [2.75, 3.05) is 0 Å². The third kappa shape index (κ3) is 2.63. The number of carboxylic acids is 1. The molecule has 86 valence electrons. The summed E-state index contributed by atoms with van der Waals surface area (Å²) in [6, 6.07) is 6.22. The lowest BCUT2D eigenvalue weighted by Crippen LogP contribution is -2.05. The molecule has 2 rings (SSSR count). The molecule has 2 heterocycles.